The lowest BCUT2D eigenvalue weighted by Crippen LogP contribution is -2.44. The fraction of sp³-hybridized carbons (Fsp3) is 0.411. The monoisotopic (exact) mass is 1150 g/mol. The van der Waals surface area contributed by atoms with Crippen LogP contribution in [0.3, 0.4) is 0 Å². The number of carbonyl (C=O) groups is 8. The van der Waals surface area contributed by atoms with Crippen LogP contribution >= 0.6 is 0 Å². The third-order valence-electron chi connectivity index (χ3n) is 12.9. The van der Waals surface area contributed by atoms with E-state index in [-0.39, 0.29) is 106 Å². The number of primary amides is 1. The van der Waals surface area contributed by atoms with E-state index in [9.17, 15) is 38.4 Å². The van der Waals surface area contributed by atoms with Gasteiger partial charge in [-0.25, -0.2) is 0 Å². The number of benzene rings is 4. The Morgan fingerprint density at radius 1 is 0.422 bits per heavy atom. The molecule has 0 bridgehead atoms. The topological polar surface area (TPSA) is 452 Å². The van der Waals surface area contributed by atoms with Crippen LogP contribution in [0.25, 0.3) is 0 Å². The molecular formula is C56H79N15O12. The molecule has 0 aromatic heterocycles. The largest absolute Gasteiger partial charge is 0.496 e. The Morgan fingerprint density at radius 2 is 0.723 bits per heavy atom. The molecule has 0 spiro atoms. The summed E-state index contributed by atoms with van der Waals surface area (Å²) in [5.74, 6) is -5.12. The fourth-order valence-corrected chi connectivity index (χ4v) is 8.43. The molecule has 0 aliphatic carbocycles. The van der Waals surface area contributed by atoms with Gasteiger partial charge in [0, 0.05) is 29.3 Å². The van der Waals surface area contributed by atoms with Gasteiger partial charge in [0.25, 0.3) is 23.6 Å². The van der Waals surface area contributed by atoms with E-state index in [1.54, 1.807) is 6.07 Å². The van der Waals surface area contributed by atoms with Gasteiger partial charge in [0.05, 0.1) is 56.7 Å². The first-order valence-corrected chi connectivity index (χ1v) is 26.9. The Hall–Kier alpha value is -9.05. The van der Waals surface area contributed by atoms with Crippen LogP contribution in [0.2, 0.25) is 0 Å². The number of nitrogens with two attached hydrogens (primary N) is 7. The van der Waals surface area contributed by atoms with Crippen LogP contribution < -0.4 is 96.3 Å². The summed E-state index contributed by atoms with van der Waals surface area (Å²) < 4.78 is 21.7. The van der Waals surface area contributed by atoms with E-state index in [1.165, 1.54) is 95.2 Å². The summed E-state index contributed by atoms with van der Waals surface area (Å²) in [6, 6.07) is 12.9. The standard InChI is InChI=1S/C56H79N15O12/c1-80-44-20-16-32(28-36(44)48(61)72)66-53(77)41(13-6-9-25-58)69-50(74)38-31-35(19-23-46(38)82-3)68-55(79)43(15-11-27-64-56(62)63)71-51(75)39-30-34(18-22-47(39)83-4)67-54(78)42(14-7-10-26-59)70-49(73)37-29-33(17-21-45(37)81-2)65-52(76)40(60)12-5-8-24-57/h16-23,28-31,40-43H,5-15,24-27,57-60H2,1-4H3,(H2,61,72)(H,65,76)(H,66,77)(H,67,78)(H,68,79)(H,69,74)(H,70,73)(H,71,75)(H4,62,63,64)/t40-,41-,42-,43-/m1/s1. The molecule has 0 heterocycles. The third kappa shape index (κ3) is 20.8. The number of nitrogens with one attached hydrogen (secondary N) is 7. The third-order valence-corrected chi connectivity index (χ3v) is 12.9. The summed E-state index contributed by atoms with van der Waals surface area (Å²) in [5.41, 5.74) is 40.4. The Morgan fingerprint density at radius 3 is 1.04 bits per heavy atom. The summed E-state index contributed by atoms with van der Waals surface area (Å²) in [4.78, 5) is 113. The molecule has 4 atom stereocenters. The summed E-state index contributed by atoms with van der Waals surface area (Å²) in [6.45, 7) is 1.21. The fourth-order valence-electron chi connectivity index (χ4n) is 8.43. The zero-order valence-electron chi connectivity index (χ0n) is 47.2. The average Bonchev–Trinajstić information content (AvgIpc) is 3.56. The minimum absolute atomic E-state index is 0.00166. The molecule has 0 aliphatic rings. The molecular weight excluding hydrogens is 1070 g/mol. The van der Waals surface area contributed by atoms with E-state index in [1.807, 2.05) is 0 Å². The van der Waals surface area contributed by atoms with Crippen LogP contribution in [0, 0.1) is 0 Å². The van der Waals surface area contributed by atoms with Crippen molar-refractivity contribution in [2.45, 2.75) is 94.8 Å². The molecule has 450 valence electrons. The quantitative estimate of drug-likeness (QED) is 0.0177. The lowest BCUT2D eigenvalue weighted by molar-refractivity contribution is -0.118. The van der Waals surface area contributed by atoms with Gasteiger partial charge < -0.3 is 96.3 Å². The molecule has 0 saturated carbocycles. The molecule has 21 N–H and O–H groups in total. The minimum Gasteiger partial charge on any atom is -0.496 e. The van der Waals surface area contributed by atoms with E-state index in [0.29, 0.717) is 64.6 Å². The number of hydrogen-bond donors (Lipinski definition) is 14. The number of aliphatic imine (C=N–C) groups is 1. The van der Waals surface area contributed by atoms with Gasteiger partial charge in [0.2, 0.25) is 23.6 Å². The first kappa shape index (κ1) is 66.5. The second-order valence-corrected chi connectivity index (χ2v) is 19.0. The van der Waals surface area contributed by atoms with Crippen LogP contribution in [0.5, 0.6) is 23.0 Å². The maximum atomic E-state index is 14.3. The van der Waals surface area contributed by atoms with Crippen molar-refractivity contribution >= 4 is 76.0 Å². The summed E-state index contributed by atoms with van der Waals surface area (Å²) in [6.07, 6.45) is 4.29. The van der Waals surface area contributed by atoms with Crippen molar-refractivity contribution in [1.29, 1.82) is 0 Å². The Kier molecular flexibility index (Phi) is 27.5. The summed E-state index contributed by atoms with van der Waals surface area (Å²) in [7, 11) is 5.39. The smallest absolute Gasteiger partial charge is 0.255 e. The molecule has 0 unspecified atom stereocenters. The predicted molar refractivity (Wildman–Crippen MR) is 315 cm³/mol. The lowest BCUT2D eigenvalue weighted by Gasteiger charge is -2.22. The van der Waals surface area contributed by atoms with Crippen molar-refractivity contribution in [3.63, 3.8) is 0 Å². The number of carbonyl (C=O) groups excluding carboxylic acids is 8. The van der Waals surface area contributed by atoms with E-state index in [0.717, 1.165) is 0 Å². The van der Waals surface area contributed by atoms with Gasteiger partial charge in [-0.1, -0.05) is 6.42 Å². The highest BCUT2D eigenvalue weighted by atomic mass is 16.5. The first-order valence-electron chi connectivity index (χ1n) is 26.9. The highest BCUT2D eigenvalue weighted by Gasteiger charge is 2.29. The molecule has 4 aromatic carbocycles. The van der Waals surface area contributed by atoms with Crippen molar-refractivity contribution in [2.75, 3.05) is 75.9 Å². The van der Waals surface area contributed by atoms with Crippen LogP contribution in [0.1, 0.15) is 112 Å². The molecule has 0 radical (unpaired) electrons. The lowest BCUT2D eigenvalue weighted by atomic mass is 10.1. The van der Waals surface area contributed by atoms with Crippen molar-refractivity contribution in [3.8, 4) is 23.0 Å². The number of methoxy groups -OCH3 is 4. The van der Waals surface area contributed by atoms with Crippen molar-refractivity contribution in [2.24, 2.45) is 45.1 Å². The predicted octanol–water partition coefficient (Wildman–Crippen LogP) is 1.74. The molecule has 4 rings (SSSR count). The zero-order valence-corrected chi connectivity index (χ0v) is 47.2. The highest BCUT2D eigenvalue weighted by Crippen LogP contribution is 2.28. The maximum Gasteiger partial charge on any atom is 0.255 e. The SMILES string of the molecule is COc1ccc(NC(=O)[C@@H](CCCCN)NC(=O)c2cc(NC(=O)[C@@H](CCCN=C(N)N)NC(=O)c3cc(NC(=O)[C@@H](CCCCN)NC(=O)c4cc(NC(=O)[C@H](N)CCCCN)ccc4OC)ccc3OC)ccc2OC)cc1C(N)=O. The molecule has 8 amide bonds. The molecule has 27 heteroatoms. The van der Waals surface area contributed by atoms with Crippen LogP contribution in [-0.4, -0.2) is 132 Å². The maximum absolute atomic E-state index is 14.3. The van der Waals surface area contributed by atoms with Crippen LogP contribution in [-0.2, 0) is 19.2 Å². The van der Waals surface area contributed by atoms with Gasteiger partial charge >= 0.3 is 0 Å². The number of ether oxygens (including phenoxy) is 4. The second-order valence-electron chi connectivity index (χ2n) is 19.0. The Bertz CT molecular complexity index is 2920. The van der Waals surface area contributed by atoms with Gasteiger partial charge in [0.1, 0.15) is 41.1 Å². The minimum atomic E-state index is -1.27. The van der Waals surface area contributed by atoms with E-state index < -0.39 is 71.4 Å². The normalized spacial score (nSPS) is 12.2. The van der Waals surface area contributed by atoms with Gasteiger partial charge in [-0.15, -0.1) is 0 Å². The van der Waals surface area contributed by atoms with E-state index in [4.69, 9.17) is 59.1 Å². The average molecular weight is 1150 g/mol. The molecule has 0 aliphatic heterocycles. The number of amides is 8. The summed E-state index contributed by atoms with van der Waals surface area (Å²) in [5, 5.41) is 19.2. The molecule has 0 saturated heterocycles. The number of unbranched alkanes of at least 4 members (excludes halogenated alkanes) is 3. The Labute approximate surface area is 481 Å². The van der Waals surface area contributed by atoms with E-state index in [2.05, 4.69) is 42.2 Å². The number of rotatable bonds is 35. The summed E-state index contributed by atoms with van der Waals surface area (Å²) >= 11 is 0. The van der Waals surface area contributed by atoms with Crippen molar-refractivity contribution in [3.05, 3.63) is 95.1 Å². The number of hydrogen-bond acceptors (Lipinski definition) is 17. The number of nitrogens with zero attached hydrogens (tertiary/aromatic N) is 1. The Balaban J connectivity index is 1.58. The van der Waals surface area contributed by atoms with Gasteiger partial charge in [-0.2, -0.15) is 0 Å². The molecule has 27 nitrogen and oxygen atoms in total. The molecule has 4 aromatic rings. The number of anilines is 4. The van der Waals surface area contributed by atoms with Gasteiger partial charge in [-0.3, -0.25) is 43.3 Å². The molecule has 0 fully saturated rings. The second kappa shape index (κ2) is 34.3. The van der Waals surface area contributed by atoms with Gasteiger partial charge in [0.15, 0.2) is 5.96 Å². The molecule has 83 heavy (non-hydrogen) atoms. The van der Waals surface area contributed by atoms with E-state index >= 15 is 0 Å². The van der Waals surface area contributed by atoms with Crippen molar-refractivity contribution in [1.82, 2.24) is 16.0 Å². The van der Waals surface area contributed by atoms with Gasteiger partial charge in [-0.05, 0) is 157 Å². The zero-order chi connectivity index (χ0) is 61.0. The van der Waals surface area contributed by atoms with Crippen LogP contribution in [0.4, 0.5) is 22.7 Å². The van der Waals surface area contributed by atoms with Crippen molar-refractivity contribution < 1.29 is 57.3 Å². The van der Waals surface area contributed by atoms with Crippen LogP contribution in [0.15, 0.2) is 77.8 Å². The number of guanidine groups is 1. The highest BCUT2D eigenvalue weighted by molar-refractivity contribution is 6.07. The first-order chi connectivity index (χ1) is 39.8.